The predicted molar refractivity (Wildman–Crippen MR) is 37.5 cm³/mol. The zero-order chi connectivity index (χ0) is 6.69. The molecule has 9 heavy (non-hydrogen) atoms. The Morgan fingerprint density at radius 3 is 3.00 bits per heavy atom. The zero-order valence-corrected chi connectivity index (χ0v) is 5.64. The molecule has 0 saturated carbocycles. The molecule has 48 valence electrons. The maximum atomic E-state index is 10.2. The van der Waals surface area contributed by atoms with Gasteiger partial charge in [0, 0.05) is 5.57 Å². The predicted octanol–water partition coefficient (Wildman–Crippen LogP) is 1.68. The highest BCUT2D eigenvalue weighted by atomic mass is 35.5. The lowest BCUT2D eigenvalue weighted by Crippen LogP contribution is -2.04. The van der Waals surface area contributed by atoms with Crippen molar-refractivity contribution in [3.05, 3.63) is 23.8 Å². The average molecular weight is 143 g/mol. The zero-order valence-electron chi connectivity index (χ0n) is 4.88. The van der Waals surface area contributed by atoms with Crippen molar-refractivity contribution in [3.63, 3.8) is 0 Å². The molecule has 0 radical (unpaired) electrons. The van der Waals surface area contributed by atoms with E-state index in [0.717, 1.165) is 12.7 Å². The van der Waals surface area contributed by atoms with Crippen molar-refractivity contribution < 1.29 is 4.79 Å². The Labute approximate surface area is 59.0 Å². The van der Waals surface area contributed by atoms with Crippen molar-refractivity contribution in [1.29, 1.82) is 0 Å². The normalized spacial score (nSPS) is 25.4. The summed E-state index contributed by atoms with van der Waals surface area (Å²) in [6.07, 6.45) is 7.12. The molecule has 0 fully saturated rings. The Bertz CT molecular complexity index is 170. The number of hydrogen-bond acceptors (Lipinski definition) is 1. The van der Waals surface area contributed by atoms with E-state index in [1.807, 2.05) is 12.2 Å². The van der Waals surface area contributed by atoms with Gasteiger partial charge in [-0.05, 0) is 6.42 Å². The van der Waals surface area contributed by atoms with Crippen LogP contribution in [0, 0.1) is 0 Å². The van der Waals surface area contributed by atoms with E-state index in [0.29, 0.717) is 5.57 Å². The Balaban J connectivity index is 2.74. The first-order valence-corrected chi connectivity index (χ1v) is 3.24. The van der Waals surface area contributed by atoms with Crippen LogP contribution in [-0.4, -0.2) is 11.7 Å². The molecule has 1 rings (SSSR count). The second-order valence-electron chi connectivity index (χ2n) is 1.92. The van der Waals surface area contributed by atoms with Gasteiger partial charge in [-0.1, -0.05) is 18.2 Å². The quantitative estimate of drug-likeness (QED) is 0.402. The summed E-state index contributed by atoms with van der Waals surface area (Å²) in [5.74, 6) is 0. The molecule has 0 amide bonds. The molecular formula is C7H7ClO. The Morgan fingerprint density at radius 1 is 1.78 bits per heavy atom. The third kappa shape index (κ3) is 1.42. The number of carbonyl (C=O) groups is 1. The lowest BCUT2D eigenvalue weighted by atomic mass is 10.1. The molecule has 1 unspecified atom stereocenters. The second-order valence-corrected chi connectivity index (χ2v) is 2.44. The van der Waals surface area contributed by atoms with E-state index in [1.165, 1.54) is 0 Å². The van der Waals surface area contributed by atoms with E-state index in [2.05, 4.69) is 0 Å². The van der Waals surface area contributed by atoms with Gasteiger partial charge in [0.25, 0.3) is 0 Å². The Kier molecular flexibility index (Phi) is 2.06. The lowest BCUT2D eigenvalue weighted by molar-refractivity contribution is -0.105. The minimum Gasteiger partial charge on any atom is -0.298 e. The minimum atomic E-state index is -0.104. The lowest BCUT2D eigenvalue weighted by Gasteiger charge is -2.07. The maximum absolute atomic E-state index is 10.2. The van der Waals surface area contributed by atoms with E-state index >= 15 is 0 Å². The third-order valence-corrected chi connectivity index (χ3v) is 1.70. The fraction of sp³-hybridized carbons (Fsp3) is 0.286. The molecule has 1 atom stereocenters. The summed E-state index contributed by atoms with van der Waals surface area (Å²) in [5.41, 5.74) is 0.680. The van der Waals surface area contributed by atoms with Crippen LogP contribution in [0.5, 0.6) is 0 Å². The molecule has 0 aromatic heterocycles. The van der Waals surface area contributed by atoms with Crippen LogP contribution >= 0.6 is 11.6 Å². The summed E-state index contributed by atoms with van der Waals surface area (Å²) >= 11 is 5.73. The molecule has 0 bridgehead atoms. The first-order valence-electron chi connectivity index (χ1n) is 2.80. The van der Waals surface area contributed by atoms with Crippen LogP contribution in [0.2, 0.25) is 0 Å². The van der Waals surface area contributed by atoms with E-state index in [1.54, 1.807) is 6.08 Å². The van der Waals surface area contributed by atoms with Crippen molar-refractivity contribution in [3.8, 4) is 0 Å². The van der Waals surface area contributed by atoms with Crippen LogP contribution in [0.1, 0.15) is 6.42 Å². The highest BCUT2D eigenvalue weighted by Gasteiger charge is 2.09. The smallest absolute Gasteiger partial charge is 0.147 e. The van der Waals surface area contributed by atoms with Crippen LogP contribution in [-0.2, 0) is 4.79 Å². The largest absolute Gasteiger partial charge is 0.298 e. The molecule has 0 aromatic rings. The monoisotopic (exact) mass is 142 g/mol. The molecular weight excluding hydrogens is 136 g/mol. The van der Waals surface area contributed by atoms with Gasteiger partial charge in [0.2, 0.25) is 0 Å². The first-order chi connectivity index (χ1) is 4.34. The molecule has 0 N–H and O–H groups in total. The molecule has 2 heteroatoms. The van der Waals surface area contributed by atoms with Gasteiger partial charge < -0.3 is 0 Å². The fourth-order valence-corrected chi connectivity index (χ4v) is 0.958. The molecule has 0 aromatic carbocycles. The van der Waals surface area contributed by atoms with Gasteiger partial charge in [0.15, 0.2) is 0 Å². The molecule has 0 heterocycles. The molecule has 1 nitrogen and oxygen atoms in total. The minimum absolute atomic E-state index is 0.104. The number of carbonyl (C=O) groups excluding carboxylic acids is 1. The van der Waals surface area contributed by atoms with E-state index in [-0.39, 0.29) is 5.38 Å². The van der Waals surface area contributed by atoms with Crippen molar-refractivity contribution in [2.75, 3.05) is 0 Å². The van der Waals surface area contributed by atoms with Crippen LogP contribution in [0.4, 0.5) is 0 Å². The topological polar surface area (TPSA) is 17.1 Å². The molecule has 1 aliphatic carbocycles. The van der Waals surface area contributed by atoms with Gasteiger partial charge in [-0.25, -0.2) is 0 Å². The van der Waals surface area contributed by atoms with Gasteiger partial charge in [-0.15, -0.1) is 11.6 Å². The van der Waals surface area contributed by atoms with Gasteiger partial charge >= 0.3 is 0 Å². The molecule has 1 aliphatic rings. The molecule has 0 spiro atoms. The van der Waals surface area contributed by atoms with Crippen molar-refractivity contribution in [2.45, 2.75) is 11.8 Å². The molecule has 0 saturated heterocycles. The average Bonchev–Trinajstić information content (AvgIpc) is 1.89. The fourth-order valence-electron chi connectivity index (χ4n) is 0.731. The second kappa shape index (κ2) is 2.83. The highest BCUT2D eigenvalue weighted by molar-refractivity contribution is 6.24. The van der Waals surface area contributed by atoms with Crippen LogP contribution in [0.25, 0.3) is 0 Å². The van der Waals surface area contributed by atoms with Crippen molar-refractivity contribution >= 4 is 17.9 Å². The number of hydrogen-bond donors (Lipinski definition) is 0. The van der Waals surface area contributed by atoms with Gasteiger partial charge in [0.1, 0.15) is 6.29 Å². The van der Waals surface area contributed by atoms with Crippen molar-refractivity contribution in [1.82, 2.24) is 0 Å². The van der Waals surface area contributed by atoms with Crippen LogP contribution in [0.15, 0.2) is 23.8 Å². The van der Waals surface area contributed by atoms with Crippen LogP contribution in [0.3, 0.4) is 0 Å². The number of alkyl halides is 1. The maximum Gasteiger partial charge on any atom is 0.147 e. The number of halogens is 1. The van der Waals surface area contributed by atoms with Gasteiger partial charge in [0.05, 0.1) is 5.38 Å². The summed E-state index contributed by atoms with van der Waals surface area (Å²) in [7, 11) is 0. The summed E-state index contributed by atoms with van der Waals surface area (Å²) in [4.78, 5) is 10.2. The highest BCUT2D eigenvalue weighted by Crippen LogP contribution is 2.16. The van der Waals surface area contributed by atoms with Gasteiger partial charge in [-0.3, -0.25) is 4.79 Å². The summed E-state index contributed by atoms with van der Waals surface area (Å²) in [5, 5.41) is -0.104. The third-order valence-electron chi connectivity index (χ3n) is 1.27. The summed E-state index contributed by atoms with van der Waals surface area (Å²) in [6.45, 7) is 0. The van der Waals surface area contributed by atoms with Crippen LogP contribution < -0.4 is 0 Å². The molecule has 0 aliphatic heterocycles. The van der Waals surface area contributed by atoms with E-state index in [4.69, 9.17) is 11.6 Å². The first kappa shape index (κ1) is 6.56. The number of rotatable bonds is 1. The van der Waals surface area contributed by atoms with E-state index in [9.17, 15) is 4.79 Å². The summed E-state index contributed by atoms with van der Waals surface area (Å²) < 4.78 is 0. The van der Waals surface area contributed by atoms with Gasteiger partial charge in [-0.2, -0.15) is 0 Å². The van der Waals surface area contributed by atoms with Crippen molar-refractivity contribution in [2.24, 2.45) is 0 Å². The Hall–Kier alpha value is -0.560. The number of aldehydes is 1. The standard InChI is InChI=1S/C7H7ClO/c8-7-4-2-1-3-6(7)5-9/h1-3,5,7H,4H2. The Morgan fingerprint density at radius 2 is 2.56 bits per heavy atom. The van der Waals surface area contributed by atoms with E-state index < -0.39 is 0 Å². The SMILES string of the molecule is O=CC1=CC=CCC1Cl. The summed E-state index contributed by atoms with van der Waals surface area (Å²) in [6, 6.07) is 0. The number of allylic oxidation sites excluding steroid dienone is 4.